The average Bonchev–Trinajstić information content (AvgIpc) is 2.27. The smallest absolute Gasteiger partial charge is 0.146 e. The standard InChI is InChI=1S/C13H21FN2/c1-4-8-16(5-2)13-7-6-11(10-15-3)9-12(13)14/h6-7,9,15H,4-5,8,10H2,1-3H3. The summed E-state index contributed by atoms with van der Waals surface area (Å²) in [7, 11) is 1.86. The number of nitrogens with zero attached hydrogens (tertiary/aromatic N) is 1. The van der Waals surface area contributed by atoms with Gasteiger partial charge in [-0.25, -0.2) is 4.39 Å². The summed E-state index contributed by atoms with van der Waals surface area (Å²) in [5, 5.41) is 3.02. The predicted octanol–water partition coefficient (Wildman–Crippen LogP) is 2.78. The maximum atomic E-state index is 13.9. The third-order valence-electron chi connectivity index (χ3n) is 2.61. The molecule has 0 spiro atoms. The van der Waals surface area contributed by atoms with E-state index < -0.39 is 0 Å². The van der Waals surface area contributed by atoms with Gasteiger partial charge < -0.3 is 10.2 Å². The summed E-state index contributed by atoms with van der Waals surface area (Å²) in [4.78, 5) is 2.07. The monoisotopic (exact) mass is 224 g/mol. The Morgan fingerprint density at radius 1 is 1.31 bits per heavy atom. The van der Waals surface area contributed by atoms with E-state index in [-0.39, 0.29) is 5.82 Å². The minimum absolute atomic E-state index is 0.122. The zero-order valence-electron chi connectivity index (χ0n) is 10.4. The lowest BCUT2D eigenvalue weighted by atomic mass is 10.1. The van der Waals surface area contributed by atoms with Crippen molar-refractivity contribution in [2.75, 3.05) is 25.0 Å². The molecular weight excluding hydrogens is 203 g/mol. The van der Waals surface area contributed by atoms with Gasteiger partial charge in [-0.2, -0.15) is 0 Å². The van der Waals surface area contributed by atoms with Crippen LogP contribution >= 0.6 is 0 Å². The Hall–Kier alpha value is -1.09. The van der Waals surface area contributed by atoms with Crippen LogP contribution in [0.25, 0.3) is 0 Å². The van der Waals surface area contributed by atoms with Crippen molar-refractivity contribution in [2.24, 2.45) is 0 Å². The van der Waals surface area contributed by atoms with Crippen LogP contribution in [0.1, 0.15) is 25.8 Å². The van der Waals surface area contributed by atoms with Crippen LogP contribution in [0.5, 0.6) is 0 Å². The topological polar surface area (TPSA) is 15.3 Å². The molecule has 0 amide bonds. The lowest BCUT2D eigenvalue weighted by Gasteiger charge is -2.23. The molecule has 0 atom stereocenters. The number of anilines is 1. The van der Waals surface area contributed by atoms with Crippen LogP contribution in [0, 0.1) is 5.82 Å². The Kier molecular flexibility index (Phi) is 5.26. The summed E-state index contributed by atoms with van der Waals surface area (Å²) in [5.74, 6) is -0.122. The first kappa shape index (κ1) is 13.0. The minimum Gasteiger partial charge on any atom is -0.369 e. The number of rotatable bonds is 6. The fourth-order valence-electron chi connectivity index (χ4n) is 1.84. The SMILES string of the molecule is CCCN(CC)c1ccc(CNC)cc1F. The Labute approximate surface area is 97.5 Å². The highest BCUT2D eigenvalue weighted by molar-refractivity contribution is 5.49. The molecule has 1 rings (SSSR count). The molecule has 0 aliphatic carbocycles. The van der Waals surface area contributed by atoms with E-state index in [4.69, 9.17) is 0 Å². The Bertz CT molecular complexity index is 326. The van der Waals surface area contributed by atoms with Gasteiger partial charge in [0, 0.05) is 19.6 Å². The van der Waals surface area contributed by atoms with Gasteiger partial charge in [-0.3, -0.25) is 0 Å². The second-order valence-electron chi connectivity index (χ2n) is 3.90. The number of hydrogen-bond donors (Lipinski definition) is 1. The molecule has 1 aromatic rings. The molecule has 90 valence electrons. The molecule has 0 fully saturated rings. The summed E-state index contributed by atoms with van der Waals surface area (Å²) in [6, 6.07) is 5.47. The van der Waals surface area contributed by atoms with E-state index in [1.807, 2.05) is 19.2 Å². The van der Waals surface area contributed by atoms with Crippen LogP contribution in [0.2, 0.25) is 0 Å². The first-order chi connectivity index (χ1) is 7.72. The van der Waals surface area contributed by atoms with Crippen LogP contribution in [-0.4, -0.2) is 20.1 Å². The molecule has 0 aliphatic heterocycles. The van der Waals surface area contributed by atoms with Crippen molar-refractivity contribution in [3.63, 3.8) is 0 Å². The molecule has 0 unspecified atom stereocenters. The molecule has 2 nitrogen and oxygen atoms in total. The fourth-order valence-corrected chi connectivity index (χ4v) is 1.84. The molecule has 0 bridgehead atoms. The molecular formula is C13H21FN2. The summed E-state index contributed by atoms with van der Waals surface area (Å²) >= 11 is 0. The van der Waals surface area contributed by atoms with Gasteiger partial charge in [-0.1, -0.05) is 13.0 Å². The van der Waals surface area contributed by atoms with Crippen LogP contribution < -0.4 is 10.2 Å². The lowest BCUT2D eigenvalue weighted by molar-refractivity contribution is 0.613. The molecule has 0 aromatic heterocycles. The fraction of sp³-hybridized carbons (Fsp3) is 0.538. The number of hydrogen-bond acceptors (Lipinski definition) is 2. The van der Waals surface area contributed by atoms with Gasteiger partial charge >= 0.3 is 0 Å². The van der Waals surface area contributed by atoms with E-state index >= 15 is 0 Å². The van der Waals surface area contributed by atoms with E-state index in [0.29, 0.717) is 12.2 Å². The summed E-state index contributed by atoms with van der Waals surface area (Å²) in [5.41, 5.74) is 1.69. The maximum Gasteiger partial charge on any atom is 0.146 e. The molecule has 16 heavy (non-hydrogen) atoms. The van der Waals surface area contributed by atoms with Crippen LogP contribution in [-0.2, 0) is 6.54 Å². The molecule has 3 heteroatoms. The van der Waals surface area contributed by atoms with Crippen molar-refractivity contribution < 1.29 is 4.39 Å². The van der Waals surface area contributed by atoms with Gasteiger partial charge in [0.25, 0.3) is 0 Å². The Morgan fingerprint density at radius 2 is 2.06 bits per heavy atom. The van der Waals surface area contributed by atoms with Gasteiger partial charge in [-0.15, -0.1) is 0 Å². The summed E-state index contributed by atoms with van der Waals surface area (Å²) in [6.45, 7) is 6.61. The molecule has 0 heterocycles. The lowest BCUT2D eigenvalue weighted by Crippen LogP contribution is -2.24. The van der Waals surface area contributed by atoms with Crippen LogP contribution in [0.15, 0.2) is 18.2 Å². The van der Waals surface area contributed by atoms with Crippen LogP contribution in [0.4, 0.5) is 10.1 Å². The van der Waals surface area contributed by atoms with Crippen LogP contribution in [0.3, 0.4) is 0 Å². The number of benzene rings is 1. The summed E-state index contributed by atoms with van der Waals surface area (Å²) in [6.07, 6.45) is 1.03. The normalized spacial score (nSPS) is 10.5. The van der Waals surface area contributed by atoms with Crippen molar-refractivity contribution in [2.45, 2.75) is 26.8 Å². The van der Waals surface area contributed by atoms with Crippen molar-refractivity contribution >= 4 is 5.69 Å². The van der Waals surface area contributed by atoms with E-state index in [1.54, 1.807) is 6.07 Å². The second-order valence-corrected chi connectivity index (χ2v) is 3.90. The van der Waals surface area contributed by atoms with Gasteiger partial charge in [0.15, 0.2) is 0 Å². The van der Waals surface area contributed by atoms with E-state index in [0.717, 1.165) is 25.1 Å². The molecule has 1 N–H and O–H groups in total. The first-order valence-electron chi connectivity index (χ1n) is 5.90. The third-order valence-corrected chi connectivity index (χ3v) is 2.61. The summed E-state index contributed by atoms with van der Waals surface area (Å²) < 4.78 is 13.9. The highest BCUT2D eigenvalue weighted by Gasteiger charge is 2.09. The molecule has 0 saturated carbocycles. The van der Waals surface area contributed by atoms with Gasteiger partial charge in [0.05, 0.1) is 5.69 Å². The third kappa shape index (κ3) is 3.20. The Balaban J connectivity index is 2.87. The largest absolute Gasteiger partial charge is 0.369 e. The van der Waals surface area contributed by atoms with Gasteiger partial charge in [0.2, 0.25) is 0 Å². The van der Waals surface area contributed by atoms with Crippen molar-refractivity contribution in [3.05, 3.63) is 29.6 Å². The Morgan fingerprint density at radius 3 is 2.56 bits per heavy atom. The minimum atomic E-state index is -0.122. The quantitative estimate of drug-likeness (QED) is 0.799. The number of nitrogens with one attached hydrogen (secondary N) is 1. The average molecular weight is 224 g/mol. The second kappa shape index (κ2) is 6.48. The van der Waals surface area contributed by atoms with Crippen molar-refractivity contribution in [1.82, 2.24) is 5.32 Å². The highest BCUT2D eigenvalue weighted by atomic mass is 19.1. The molecule has 0 saturated heterocycles. The van der Waals surface area contributed by atoms with E-state index in [1.165, 1.54) is 0 Å². The maximum absolute atomic E-state index is 13.9. The molecule has 0 aliphatic rings. The zero-order chi connectivity index (χ0) is 12.0. The van der Waals surface area contributed by atoms with Gasteiger partial charge in [0.1, 0.15) is 5.82 Å². The molecule has 1 aromatic carbocycles. The van der Waals surface area contributed by atoms with Crippen molar-refractivity contribution in [1.29, 1.82) is 0 Å². The molecule has 0 radical (unpaired) electrons. The zero-order valence-corrected chi connectivity index (χ0v) is 10.4. The van der Waals surface area contributed by atoms with E-state index in [9.17, 15) is 4.39 Å². The highest BCUT2D eigenvalue weighted by Crippen LogP contribution is 2.20. The first-order valence-corrected chi connectivity index (χ1v) is 5.90. The van der Waals surface area contributed by atoms with Crippen molar-refractivity contribution in [3.8, 4) is 0 Å². The van der Waals surface area contributed by atoms with E-state index in [2.05, 4.69) is 24.1 Å². The van der Waals surface area contributed by atoms with Gasteiger partial charge in [-0.05, 0) is 38.1 Å². The predicted molar refractivity (Wildman–Crippen MR) is 67.3 cm³/mol. The number of halogens is 1.